The first-order chi connectivity index (χ1) is 8.90. The van der Waals surface area contributed by atoms with Crippen LogP contribution in [-0.2, 0) is 16.6 Å². The summed E-state index contributed by atoms with van der Waals surface area (Å²) in [6.07, 6.45) is 0. The third kappa shape index (κ3) is 3.03. The predicted molar refractivity (Wildman–Crippen MR) is 73.4 cm³/mol. The number of nitrogens with zero attached hydrogens (tertiary/aromatic N) is 1. The van der Waals surface area contributed by atoms with Gasteiger partial charge in [-0.15, -0.1) is 11.3 Å². The van der Waals surface area contributed by atoms with Crippen LogP contribution in [0.1, 0.15) is 10.6 Å². The van der Waals surface area contributed by atoms with Crippen LogP contribution in [-0.4, -0.2) is 18.5 Å². The van der Waals surface area contributed by atoms with Crippen LogP contribution in [0.15, 0.2) is 28.6 Å². The van der Waals surface area contributed by atoms with Crippen LogP contribution >= 0.6 is 11.3 Å². The number of phenols is 1. The maximum absolute atomic E-state index is 12.0. The van der Waals surface area contributed by atoms with Gasteiger partial charge in [0.05, 0.1) is 21.8 Å². The molecule has 0 fully saturated rings. The van der Waals surface area contributed by atoms with E-state index in [-0.39, 0.29) is 22.9 Å². The number of benzene rings is 1. The first-order valence-electron chi connectivity index (χ1n) is 5.37. The fourth-order valence-corrected chi connectivity index (χ4v) is 3.28. The van der Waals surface area contributed by atoms with Crippen molar-refractivity contribution in [2.24, 2.45) is 0 Å². The van der Waals surface area contributed by atoms with E-state index in [1.54, 1.807) is 5.51 Å². The molecule has 102 valence electrons. The van der Waals surface area contributed by atoms with Crippen molar-refractivity contribution in [3.63, 3.8) is 0 Å². The summed E-state index contributed by atoms with van der Waals surface area (Å²) in [6.45, 7) is 2.00. The Kier molecular flexibility index (Phi) is 3.74. The summed E-state index contributed by atoms with van der Waals surface area (Å²) in [4.78, 5) is 4.92. The summed E-state index contributed by atoms with van der Waals surface area (Å²) in [7, 11) is -3.65. The number of nitrogens with two attached hydrogens (primary N) is 1. The van der Waals surface area contributed by atoms with Crippen molar-refractivity contribution in [2.75, 3.05) is 5.73 Å². The Labute approximate surface area is 115 Å². The van der Waals surface area contributed by atoms with Crippen LogP contribution in [0.3, 0.4) is 0 Å². The van der Waals surface area contributed by atoms with Crippen LogP contribution < -0.4 is 10.5 Å². The molecule has 2 aromatic rings. The van der Waals surface area contributed by atoms with E-state index in [1.807, 2.05) is 6.92 Å². The number of phenolic OH excluding ortho intramolecular Hbond substituents is 1. The lowest BCUT2D eigenvalue weighted by atomic mass is 10.3. The number of anilines is 1. The first-order valence-corrected chi connectivity index (χ1v) is 7.73. The number of aryl methyl sites for hydroxylation is 1. The highest BCUT2D eigenvalue weighted by atomic mass is 32.2. The zero-order valence-electron chi connectivity index (χ0n) is 10.1. The molecule has 1 heterocycles. The fraction of sp³-hybridized carbons (Fsp3) is 0.182. The highest BCUT2D eigenvalue weighted by molar-refractivity contribution is 7.89. The maximum atomic E-state index is 12.0. The fourth-order valence-electron chi connectivity index (χ4n) is 1.44. The van der Waals surface area contributed by atoms with Crippen LogP contribution in [0.5, 0.6) is 5.75 Å². The average molecular weight is 299 g/mol. The summed E-state index contributed by atoms with van der Waals surface area (Å²) in [5.74, 6) is -0.141. The number of aromatic hydroxyl groups is 1. The highest BCUT2D eigenvalue weighted by Crippen LogP contribution is 2.23. The van der Waals surface area contributed by atoms with E-state index in [0.717, 1.165) is 10.6 Å². The van der Waals surface area contributed by atoms with Gasteiger partial charge in [0.15, 0.2) is 0 Å². The highest BCUT2D eigenvalue weighted by Gasteiger charge is 2.16. The Morgan fingerprint density at radius 2 is 2.21 bits per heavy atom. The monoisotopic (exact) mass is 299 g/mol. The van der Waals surface area contributed by atoms with Gasteiger partial charge in [0.25, 0.3) is 0 Å². The van der Waals surface area contributed by atoms with Gasteiger partial charge in [0.2, 0.25) is 10.0 Å². The Balaban J connectivity index is 2.18. The number of rotatable bonds is 4. The third-order valence-corrected chi connectivity index (χ3v) is 4.91. The van der Waals surface area contributed by atoms with Gasteiger partial charge >= 0.3 is 0 Å². The van der Waals surface area contributed by atoms with Crippen molar-refractivity contribution in [3.05, 3.63) is 34.3 Å². The molecule has 19 heavy (non-hydrogen) atoms. The van der Waals surface area contributed by atoms with Gasteiger partial charge in [-0.3, -0.25) is 0 Å². The van der Waals surface area contributed by atoms with Crippen LogP contribution in [0.4, 0.5) is 5.69 Å². The number of hydrogen-bond acceptors (Lipinski definition) is 6. The van der Waals surface area contributed by atoms with Gasteiger partial charge in [-0.25, -0.2) is 18.1 Å². The number of hydrogen-bond donors (Lipinski definition) is 3. The molecule has 4 N–H and O–H groups in total. The molecule has 0 aliphatic heterocycles. The minimum atomic E-state index is -3.65. The maximum Gasteiger partial charge on any atom is 0.240 e. The molecule has 2 rings (SSSR count). The Bertz CT molecular complexity index is 695. The Hall–Kier alpha value is -1.64. The van der Waals surface area contributed by atoms with Crippen molar-refractivity contribution >= 4 is 27.0 Å². The second-order valence-electron chi connectivity index (χ2n) is 3.91. The quantitative estimate of drug-likeness (QED) is 0.581. The zero-order chi connectivity index (χ0) is 14.0. The standard InChI is InChI=1S/C11H13N3O3S2/c1-7-11(18-6-13-7)5-14-19(16,17)8-2-3-10(15)9(12)4-8/h2-4,6,14-15H,5,12H2,1H3. The predicted octanol–water partition coefficient (Wildman–Crippen LogP) is 1.22. The molecule has 1 aromatic heterocycles. The second-order valence-corrected chi connectivity index (χ2v) is 6.61. The molecule has 6 nitrogen and oxygen atoms in total. The van der Waals surface area contributed by atoms with Gasteiger partial charge in [-0.05, 0) is 25.1 Å². The van der Waals surface area contributed by atoms with Gasteiger partial charge in [0.1, 0.15) is 5.75 Å². The van der Waals surface area contributed by atoms with E-state index in [9.17, 15) is 13.5 Å². The van der Waals surface area contributed by atoms with E-state index in [4.69, 9.17) is 5.73 Å². The summed E-state index contributed by atoms with van der Waals surface area (Å²) in [5.41, 5.74) is 7.97. The lowest BCUT2D eigenvalue weighted by molar-refractivity contribution is 0.477. The first kappa shape index (κ1) is 13.8. The van der Waals surface area contributed by atoms with Crippen LogP contribution in [0.2, 0.25) is 0 Å². The average Bonchev–Trinajstić information content (AvgIpc) is 2.76. The molecule has 0 radical (unpaired) electrons. The molecule has 0 aliphatic rings. The molecule has 0 saturated carbocycles. The molecule has 0 unspecified atom stereocenters. The number of aromatic nitrogens is 1. The number of nitrogen functional groups attached to an aromatic ring is 1. The van der Waals surface area contributed by atoms with E-state index in [1.165, 1.54) is 29.5 Å². The lowest BCUT2D eigenvalue weighted by Crippen LogP contribution is -2.23. The lowest BCUT2D eigenvalue weighted by Gasteiger charge is -2.07. The third-order valence-electron chi connectivity index (χ3n) is 2.58. The van der Waals surface area contributed by atoms with Crippen molar-refractivity contribution in [3.8, 4) is 5.75 Å². The Morgan fingerprint density at radius 1 is 1.47 bits per heavy atom. The van der Waals surface area contributed by atoms with Gasteiger partial charge in [0, 0.05) is 11.4 Å². The van der Waals surface area contributed by atoms with Gasteiger partial charge < -0.3 is 10.8 Å². The molecule has 0 saturated heterocycles. The minimum Gasteiger partial charge on any atom is -0.506 e. The molecular weight excluding hydrogens is 286 g/mol. The minimum absolute atomic E-state index is 0.0185. The van der Waals surface area contributed by atoms with Crippen molar-refractivity contribution in [1.82, 2.24) is 9.71 Å². The van der Waals surface area contributed by atoms with E-state index >= 15 is 0 Å². The summed E-state index contributed by atoms with van der Waals surface area (Å²) in [6, 6.07) is 3.77. The molecule has 8 heteroatoms. The van der Waals surface area contributed by atoms with Gasteiger partial charge in [-0.1, -0.05) is 0 Å². The molecule has 0 atom stereocenters. The van der Waals surface area contributed by atoms with E-state index in [0.29, 0.717) is 0 Å². The van der Waals surface area contributed by atoms with E-state index in [2.05, 4.69) is 9.71 Å². The normalized spacial score (nSPS) is 11.6. The van der Waals surface area contributed by atoms with Crippen LogP contribution in [0, 0.1) is 6.92 Å². The number of sulfonamides is 1. The summed E-state index contributed by atoms with van der Waals surface area (Å²) < 4.78 is 26.5. The zero-order valence-corrected chi connectivity index (χ0v) is 11.8. The van der Waals surface area contributed by atoms with E-state index < -0.39 is 10.0 Å². The second kappa shape index (κ2) is 5.16. The molecule has 0 spiro atoms. The molecule has 1 aromatic carbocycles. The van der Waals surface area contributed by atoms with Crippen LogP contribution in [0.25, 0.3) is 0 Å². The number of thiazole rings is 1. The summed E-state index contributed by atoms with van der Waals surface area (Å²) in [5, 5.41) is 9.28. The smallest absolute Gasteiger partial charge is 0.240 e. The van der Waals surface area contributed by atoms with Gasteiger partial charge in [-0.2, -0.15) is 0 Å². The van der Waals surface area contributed by atoms with Crippen molar-refractivity contribution in [1.29, 1.82) is 0 Å². The molecule has 0 aliphatic carbocycles. The molecule has 0 bridgehead atoms. The number of nitrogens with one attached hydrogen (secondary N) is 1. The Morgan fingerprint density at radius 3 is 2.79 bits per heavy atom. The molecular formula is C11H13N3O3S2. The van der Waals surface area contributed by atoms with Crippen molar-refractivity contribution < 1.29 is 13.5 Å². The molecule has 0 amide bonds. The topological polar surface area (TPSA) is 105 Å². The van der Waals surface area contributed by atoms with Crippen molar-refractivity contribution in [2.45, 2.75) is 18.4 Å². The summed E-state index contributed by atoms with van der Waals surface area (Å²) >= 11 is 1.39. The SMILES string of the molecule is Cc1ncsc1CNS(=O)(=O)c1ccc(O)c(N)c1. The largest absolute Gasteiger partial charge is 0.506 e.